The Morgan fingerprint density at radius 2 is 1.82 bits per heavy atom. The van der Waals surface area contributed by atoms with Gasteiger partial charge in [0.15, 0.2) is 0 Å². The Hall–Kier alpha value is -0.420. The molecule has 2 nitrogen and oxygen atoms in total. The molecule has 0 radical (unpaired) electrons. The molecule has 1 aromatic rings. The summed E-state index contributed by atoms with van der Waals surface area (Å²) in [6.07, 6.45) is 2.84. The predicted octanol–water partition coefficient (Wildman–Crippen LogP) is 4.25. The van der Waals surface area contributed by atoms with Gasteiger partial charge in [0.1, 0.15) is 11.6 Å². The fourth-order valence-electron chi connectivity index (χ4n) is 2.88. The van der Waals surface area contributed by atoms with Gasteiger partial charge in [-0.3, -0.25) is 4.90 Å². The first-order chi connectivity index (χ1) is 9.65. The van der Waals surface area contributed by atoms with Crippen LogP contribution in [0.4, 0.5) is 8.78 Å². The summed E-state index contributed by atoms with van der Waals surface area (Å²) in [5.74, 6) is -0.780. The van der Waals surface area contributed by atoms with Crippen molar-refractivity contribution in [2.24, 2.45) is 0 Å². The first kappa shape index (κ1) is 21.6. The topological polar surface area (TPSA) is 15.3 Å². The van der Waals surface area contributed by atoms with Crippen LogP contribution in [0.2, 0.25) is 0 Å². The maximum absolute atomic E-state index is 14.4. The van der Waals surface area contributed by atoms with Crippen molar-refractivity contribution in [2.45, 2.75) is 39.2 Å². The highest BCUT2D eigenvalue weighted by Crippen LogP contribution is 2.32. The van der Waals surface area contributed by atoms with E-state index in [2.05, 4.69) is 17.1 Å². The van der Waals surface area contributed by atoms with E-state index in [9.17, 15) is 8.78 Å². The lowest BCUT2D eigenvalue weighted by molar-refractivity contribution is 0.156. The first-order valence-electron chi connectivity index (χ1n) is 7.54. The van der Waals surface area contributed by atoms with Crippen LogP contribution in [0, 0.1) is 18.6 Å². The number of rotatable bonds is 5. The average Bonchev–Trinajstić information content (AvgIpc) is 2.47. The molecular formula is C16H26Cl2F2N2. The second kappa shape index (κ2) is 10.4. The molecular weight excluding hydrogens is 329 g/mol. The monoisotopic (exact) mass is 354 g/mol. The smallest absolute Gasteiger partial charge is 0.133 e. The van der Waals surface area contributed by atoms with Gasteiger partial charge in [-0.1, -0.05) is 25.8 Å². The highest BCUT2D eigenvalue weighted by atomic mass is 35.5. The van der Waals surface area contributed by atoms with Gasteiger partial charge < -0.3 is 5.32 Å². The number of benzene rings is 1. The third-order valence-electron chi connectivity index (χ3n) is 4.08. The van der Waals surface area contributed by atoms with Crippen LogP contribution in [0.25, 0.3) is 0 Å². The highest BCUT2D eigenvalue weighted by Gasteiger charge is 2.27. The molecule has 0 saturated carbocycles. The molecule has 0 spiro atoms. The summed E-state index contributed by atoms with van der Waals surface area (Å²) in [6, 6.07) is 2.77. The van der Waals surface area contributed by atoms with E-state index in [1.807, 2.05) is 0 Å². The zero-order valence-corrected chi connectivity index (χ0v) is 14.8. The summed E-state index contributed by atoms with van der Waals surface area (Å²) in [5.41, 5.74) is 0.790. The number of piperazine rings is 1. The first-order valence-corrected chi connectivity index (χ1v) is 7.54. The summed E-state index contributed by atoms with van der Waals surface area (Å²) < 4.78 is 28.6. The van der Waals surface area contributed by atoms with Crippen molar-refractivity contribution in [1.29, 1.82) is 0 Å². The van der Waals surface area contributed by atoms with Crippen molar-refractivity contribution in [3.05, 3.63) is 34.9 Å². The lowest BCUT2D eigenvalue weighted by atomic mass is 9.96. The van der Waals surface area contributed by atoms with Gasteiger partial charge in [0, 0.05) is 37.8 Å². The molecule has 1 aliphatic rings. The molecule has 0 aromatic heterocycles. The molecule has 0 amide bonds. The van der Waals surface area contributed by atoms with Crippen molar-refractivity contribution >= 4 is 24.8 Å². The van der Waals surface area contributed by atoms with E-state index >= 15 is 0 Å². The molecule has 22 heavy (non-hydrogen) atoms. The van der Waals surface area contributed by atoms with Crippen LogP contribution in [0.15, 0.2) is 12.1 Å². The number of unbranched alkanes of at least 4 members (excludes halogenated alkanes) is 1. The van der Waals surface area contributed by atoms with Gasteiger partial charge in [-0.05, 0) is 25.0 Å². The second-order valence-corrected chi connectivity index (χ2v) is 5.54. The van der Waals surface area contributed by atoms with Crippen LogP contribution in [0.5, 0.6) is 0 Å². The summed E-state index contributed by atoms with van der Waals surface area (Å²) in [6.45, 7) is 7.28. The third kappa shape index (κ3) is 5.05. The normalized spacial score (nSPS) is 16.5. The third-order valence-corrected chi connectivity index (χ3v) is 4.08. The minimum Gasteiger partial charge on any atom is -0.314 e. The Labute approximate surface area is 144 Å². The van der Waals surface area contributed by atoms with E-state index < -0.39 is 5.82 Å². The van der Waals surface area contributed by atoms with Crippen LogP contribution < -0.4 is 5.32 Å². The van der Waals surface area contributed by atoms with Crippen LogP contribution in [0.3, 0.4) is 0 Å². The summed E-state index contributed by atoms with van der Waals surface area (Å²) in [7, 11) is 0. The average molecular weight is 355 g/mol. The minimum atomic E-state index is -0.410. The zero-order valence-electron chi connectivity index (χ0n) is 13.2. The maximum atomic E-state index is 14.4. The van der Waals surface area contributed by atoms with Gasteiger partial charge in [-0.2, -0.15) is 0 Å². The molecule has 0 aliphatic carbocycles. The standard InChI is InChI=1S/C16H24F2N2.2ClH/c1-3-4-5-14(20-10-8-19-9-11-20)15-13(17)7-6-12(2)16(15)18;;/h6-7,14,19H,3-5,8-11H2,1-2H3;2*1H/t14-;;/m1../s1. The number of halogens is 4. The van der Waals surface area contributed by atoms with Crippen molar-refractivity contribution in [3.8, 4) is 0 Å². The van der Waals surface area contributed by atoms with E-state index in [-0.39, 0.29) is 42.2 Å². The molecule has 1 aromatic carbocycles. The van der Waals surface area contributed by atoms with Crippen molar-refractivity contribution < 1.29 is 8.78 Å². The lowest BCUT2D eigenvalue weighted by Crippen LogP contribution is -2.45. The Bertz CT molecular complexity index is 452. The Kier molecular flexibility index (Phi) is 10.2. The second-order valence-electron chi connectivity index (χ2n) is 5.54. The fourth-order valence-corrected chi connectivity index (χ4v) is 2.88. The molecule has 6 heteroatoms. The van der Waals surface area contributed by atoms with E-state index in [0.717, 1.165) is 45.4 Å². The van der Waals surface area contributed by atoms with Gasteiger partial charge >= 0.3 is 0 Å². The van der Waals surface area contributed by atoms with E-state index in [4.69, 9.17) is 0 Å². The summed E-state index contributed by atoms with van der Waals surface area (Å²) in [4.78, 5) is 2.22. The molecule has 0 bridgehead atoms. The number of hydrogen-bond donors (Lipinski definition) is 1. The molecule has 1 saturated heterocycles. The Morgan fingerprint density at radius 3 is 2.41 bits per heavy atom. The number of hydrogen-bond acceptors (Lipinski definition) is 2. The van der Waals surface area contributed by atoms with Crippen LogP contribution >= 0.6 is 24.8 Å². The number of nitrogens with zero attached hydrogens (tertiary/aromatic N) is 1. The van der Waals surface area contributed by atoms with Crippen LogP contribution in [0.1, 0.15) is 43.4 Å². The Balaban J connectivity index is 0.00000220. The van der Waals surface area contributed by atoms with E-state index in [1.165, 1.54) is 12.1 Å². The van der Waals surface area contributed by atoms with Gasteiger partial charge in [-0.25, -0.2) is 8.78 Å². The van der Waals surface area contributed by atoms with Crippen molar-refractivity contribution in [2.75, 3.05) is 26.2 Å². The minimum absolute atomic E-state index is 0. The van der Waals surface area contributed by atoms with Gasteiger partial charge in [0.2, 0.25) is 0 Å². The summed E-state index contributed by atoms with van der Waals surface area (Å²) >= 11 is 0. The molecule has 1 aliphatic heterocycles. The highest BCUT2D eigenvalue weighted by molar-refractivity contribution is 5.85. The quantitative estimate of drug-likeness (QED) is 0.849. The van der Waals surface area contributed by atoms with Gasteiger partial charge in [0.05, 0.1) is 0 Å². The molecule has 1 N–H and O–H groups in total. The zero-order chi connectivity index (χ0) is 14.5. The fraction of sp³-hybridized carbons (Fsp3) is 0.625. The van der Waals surface area contributed by atoms with Crippen molar-refractivity contribution in [3.63, 3.8) is 0 Å². The van der Waals surface area contributed by atoms with Gasteiger partial charge in [-0.15, -0.1) is 24.8 Å². The summed E-state index contributed by atoms with van der Waals surface area (Å²) in [5, 5.41) is 3.29. The van der Waals surface area contributed by atoms with Crippen LogP contribution in [-0.2, 0) is 0 Å². The van der Waals surface area contributed by atoms with Crippen molar-refractivity contribution in [1.82, 2.24) is 10.2 Å². The number of nitrogens with one attached hydrogen (secondary N) is 1. The lowest BCUT2D eigenvalue weighted by Gasteiger charge is -2.35. The molecule has 2 rings (SSSR count). The largest absolute Gasteiger partial charge is 0.314 e. The van der Waals surface area contributed by atoms with Crippen LogP contribution in [-0.4, -0.2) is 31.1 Å². The molecule has 1 fully saturated rings. The molecule has 1 heterocycles. The molecule has 1 atom stereocenters. The van der Waals surface area contributed by atoms with Gasteiger partial charge in [0.25, 0.3) is 0 Å². The van der Waals surface area contributed by atoms with E-state index in [1.54, 1.807) is 6.92 Å². The van der Waals surface area contributed by atoms with E-state index in [0.29, 0.717) is 5.56 Å². The Morgan fingerprint density at radius 1 is 1.18 bits per heavy atom. The molecule has 0 unspecified atom stereocenters. The SMILES string of the molecule is CCCC[C@H](c1c(F)ccc(C)c1F)N1CCNCC1.Cl.Cl. The predicted molar refractivity (Wildman–Crippen MR) is 92.3 cm³/mol. The molecule has 128 valence electrons. The number of aryl methyl sites for hydroxylation is 1. The maximum Gasteiger partial charge on any atom is 0.133 e.